The Kier molecular flexibility index (Phi) is 9.30. The number of aryl methyl sites for hydroxylation is 1. The number of ether oxygens (including phenoxy) is 1. The van der Waals surface area contributed by atoms with Crippen LogP contribution in [0.1, 0.15) is 31.4 Å². The molecule has 0 aromatic heterocycles. The average Bonchev–Trinajstić information content (AvgIpc) is 2.70. The van der Waals surface area contributed by atoms with Crippen molar-refractivity contribution in [2.75, 3.05) is 46.3 Å². The van der Waals surface area contributed by atoms with Crippen LogP contribution >= 0.6 is 24.0 Å². The van der Waals surface area contributed by atoms with Crippen molar-refractivity contribution in [2.24, 2.45) is 4.99 Å². The molecule has 3 heterocycles. The van der Waals surface area contributed by atoms with Crippen molar-refractivity contribution in [3.8, 4) is 5.75 Å². The highest BCUT2D eigenvalue weighted by atomic mass is 127. The highest BCUT2D eigenvalue weighted by Crippen LogP contribution is 2.22. The van der Waals surface area contributed by atoms with Gasteiger partial charge in [0.2, 0.25) is 0 Å². The van der Waals surface area contributed by atoms with Crippen LogP contribution in [0.15, 0.2) is 23.2 Å². The van der Waals surface area contributed by atoms with Crippen molar-refractivity contribution in [3.63, 3.8) is 0 Å². The molecular formula is C21H36IN5O. The molecule has 3 aliphatic heterocycles. The second kappa shape index (κ2) is 11.2. The van der Waals surface area contributed by atoms with E-state index in [9.17, 15) is 0 Å². The van der Waals surface area contributed by atoms with Gasteiger partial charge in [-0.2, -0.15) is 0 Å². The van der Waals surface area contributed by atoms with Gasteiger partial charge >= 0.3 is 0 Å². The van der Waals surface area contributed by atoms with Crippen LogP contribution in [0, 0.1) is 6.92 Å². The van der Waals surface area contributed by atoms with Gasteiger partial charge in [-0.1, -0.05) is 19.1 Å². The van der Waals surface area contributed by atoms with Crippen LogP contribution in [0.25, 0.3) is 0 Å². The fraction of sp³-hybridized carbons (Fsp3) is 0.667. The van der Waals surface area contributed by atoms with Gasteiger partial charge in [-0.15, -0.1) is 24.0 Å². The molecule has 2 N–H and O–H groups in total. The first kappa shape index (κ1) is 23.2. The van der Waals surface area contributed by atoms with Crippen LogP contribution in [0.2, 0.25) is 0 Å². The zero-order valence-corrected chi connectivity index (χ0v) is 20.0. The highest BCUT2D eigenvalue weighted by molar-refractivity contribution is 14.0. The summed E-state index contributed by atoms with van der Waals surface area (Å²) in [5, 5.41) is 6.95. The Morgan fingerprint density at radius 1 is 1.25 bits per heavy atom. The van der Waals surface area contributed by atoms with Gasteiger partial charge in [-0.3, -0.25) is 14.8 Å². The van der Waals surface area contributed by atoms with E-state index >= 15 is 0 Å². The van der Waals surface area contributed by atoms with E-state index in [4.69, 9.17) is 4.74 Å². The summed E-state index contributed by atoms with van der Waals surface area (Å²) in [7, 11) is 1.83. The second-order valence-electron chi connectivity index (χ2n) is 7.74. The summed E-state index contributed by atoms with van der Waals surface area (Å²) < 4.78 is 6.12. The van der Waals surface area contributed by atoms with Crippen LogP contribution in [0.5, 0.6) is 5.75 Å². The van der Waals surface area contributed by atoms with Crippen LogP contribution in [-0.4, -0.2) is 74.2 Å². The SMILES string of the molecule is CCC(C)Oc1cc(C)ccc1CNC(=NC)NCC1CN2CCN1CC2.I. The topological polar surface area (TPSA) is 52.1 Å². The molecule has 0 saturated carbocycles. The molecule has 1 aromatic rings. The molecule has 158 valence electrons. The third-order valence-corrected chi connectivity index (χ3v) is 5.69. The van der Waals surface area contributed by atoms with E-state index in [-0.39, 0.29) is 30.1 Å². The second-order valence-corrected chi connectivity index (χ2v) is 7.74. The lowest BCUT2D eigenvalue weighted by Gasteiger charge is -2.47. The van der Waals surface area contributed by atoms with Gasteiger partial charge in [0, 0.05) is 64.5 Å². The van der Waals surface area contributed by atoms with Crippen molar-refractivity contribution < 1.29 is 4.74 Å². The fourth-order valence-electron chi connectivity index (χ4n) is 3.75. The van der Waals surface area contributed by atoms with E-state index in [1.807, 2.05) is 7.05 Å². The van der Waals surface area contributed by atoms with Crippen molar-refractivity contribution in [1.82, 2.24) is 20.4 Å². The predicted octanol–water partition coefficient (Wildman–Crippen LogP) is 2.46. The van der Waals surface area contributed by atoms with E-state index < -0.39 is 0 Å². The molecule has 6 nitrogen and oxygen atoms in total. The maximum Gasteiger partial charge on any atom is 0.191 e. The van der Waals surface area contributed by atoms with Crippen molar-refractivity contribution in [2.45, 2.75) is 45.9 Å². The molecule has 1 aromatic carbocycles. The summed E-state index contributed by atoms with van der Waals surface area (Å²) in [4.78, 5) is 9.55. The maximum absolute atomic E-state index is 6.12. The van der Waals surface area contributed by atoms with Gasteiger partial charge in [0.25, 0.3) is 0 Å². The number of halogens is 1. The average molecular weight is 501 g/mol. The van der Waals surface area contributed by atoms with Gasteiger partial charge in [0.1, 0.15) is 5.75 Å². The van der Waals surface area contributed by atoms with Gasteiger partial charge < -0.3 is 15.4 Å². The molecule has 2 bridgehead atoms. The molecule has 2 unspecified atom stereocenters. The highest BCUT2D eigenvalue weighted by Gasteiger charge is 2.31. The summed E-state index contributed by atoms with van der Waals surface area (Å²) in [6, 6.07) is 6.98. The molecule has 0 spiro atoms. The zero-order valence-electron chi connectivity index (χ0n) is 17.7. The van der Waals surface area contributed by atoms with E-state index in [1.165, 1.54) is 31.7 Å². The summed E-state index contributed by atoms with van der Waals surface area (Å²) in [5.41, 5.74) is 2.38. The number of piperazine rings is 3. The number of nitrogens with zero attached hydrogens (tertiary/aromatic N) is 3. The van der Waals surface area contributed by atoms with Gasteiger partial charge in [-0.05, 0) is 31.9 Å². The molecule has 0 aliphatic carbocycles. The van der Waals surface area contributed by atoms with Crippen LogP contribution in [-0.2, 0) is 6.54 Å². The van der Waals surface area contributed by atoms with Crippen molar-refractivity contribution in [3.05, 3.63) is 29.3 Å². The molecule has 3 aliphatic rings. The van der Waals surface area contributed by atoms with Crippen molar-refractivity contribution in [1.29, 1.82) is 0 Å². The first-order chi connectivity index (χ1) is 13.1. The van der Waals surface area contributed by atoms with E-state index in [2.05, 4.69) is 64.4 Å². The van der Waals surface area contributed by atoms with Crippen molar-refractivity contribution >= 4 is 29.9 Å². The Hall–Kier alpha value is -1.06. The molecule has 3 fully saturated rings. The number of guanidine groups is 1. The minimum Gasteiger partial charge on any atom is -0.490 e. The number of aliphatic imine (C=N–C) groups is 1. The number of rotatable bonds is 7. The fourth-order valence-corrected chi connectivity index (χ4v) is 3.75. The van der Waals surface area contributed by atoms with Gasteiger partial charge in [-0.25, -0.2) is 0 Å². The third-order valence-electron chi connectivity index (χ3n) is 5.69. The molecule has 7 heteroatoms. The first-order valence-electron chi connectivity index (χ1n) is 10.3. The monoisotopic (exact) mass is 501 g/mol. The zero-order chi connectivity index (χ0) is 19.2. The lowest BCUT2D eigenvalue weighted by molar-refractivity contribution is 0.0154. The molecule has 28 heavy (non-hydrogen) atoms. The Balaban J connectivity index is 0.00000280. The quantitative estimate of drug-likeness (QED) is 0.342. The van der Waals surface area contributed by atoms with Gasteiger partial charge in [0.15, 0.2) is 5.96 Å². The normalized spacial score (nSPS) is 25.0. The van der Waals surface area contributed by atoms with E-state index in [0.717, 1.165) is 36.8 Å². The standard InChI is InChI=1S/C21H35N5O.HI/c1-5-17(3)27-20-12-16(2)6-7-18(20)13-23-21(22-4)24-14-19-15-25-8-10-26(19)11-9-25;/h6-7,12,17,19H,5,8-11,13-15H2,1-4H3,(H2,22,23,24);1H. The molecular weight excluding hydrogens is 465 g/mol. The minimum absolute atomic E-state index is 0. The first-order valence-corrected chi connectivity index (χ1v) is 10.3. The van der Waals surface area contributed by atoms with Crippen LogP contribution in [0.3, 0.4) is 0 Å². The number of fused-ring (bicyclic) bond motifs is 3. The lowest BCUT2D eigenvalue weighted by atomic mass is 10.1. The minimum atomic E-state index is 0. The maximum atomic E-state index is 6.12. The molecule has 0 radical (unpaired) electrons. The Morgan fingerprint density at radius 2 is 2.00 bits per heavy atom. The summed E-state index contributed by atoms with van der Waals surface area (Å²) in [6.45, 7) is 14.0. The smallest absolute Gasteiger partial charge is 0.191 e. The Morgan fingerprint density at radius 3 is 2.61 bits per heavy atom. The largest absolute Gasteiger partial charge is 0.490 e. The molecule has 0 amide bonds. The van der Waals surface area contributed by atoms with Gasteiger partial charge in [0.05, 0.1) is 6.10 Å². The van der Waals surface area contributed by atoms with E-state index in [1.54, 1.807) is 0 Å². The van der Waals surface area contributed by atoms with Crippen LogP contribution in [0.4, 0.5) is 0 Å². The Labute approximate surface area is 187 Å². The summed E-state index contributed by atoms with van der Waals surface area (Å²) in [5.74, 6) is 1.82. The number of benzene rings is 1. The molecule has 4 rings (SSSR count). The van der Waals surface area contributed by atoms with Crippen LogP contribution < -0.4 is 15.4 Å². The molecule has 2 atom stereocenters. The Bertz CT molecular complexity index is 646. The number of hydrogen-bond acceptors (Lipinski definition) is 4. The molecule has 3 saturated heterocycles. The summed E-state index contributed by atoms with van der Waals surface area (Å²) in [6.07, 6.45) is 1.22. The number of nitrogens with one attached hydrogen (secondary N) is 2. The van der Waals surface area contributed by atoms with E-state index in [0.29, 0.717) is 12.6 Å². The number of hydrogen-bond donors (Lipinski definition) is 2. The summed E-state index contributed by atoms with van der Waals surface area (Å²) >= 11 is 0. The predicted molar refractivity (Wildman–Crippen MR) is 127 cm³/mol. The lowest BCUT2D eigenvalue weighted by Crippen LogP contribution is -2.63. The third kappa shape index (κ3) is 6.22.